The van der Waals surface area contributed by atoms with Gasteiger partial charge in [-0.15, -0.1) is 11.6 Å². The van der Waals surface area contributed by atoms with Crippen molar-refractivity contribution >= 4 is 17.9 Å². The molecular formula is C11H13ClO4. The molecule has 88 valence electrons. The van der Waals surface area contributed by atoms with E-state index < -0.39 is 12.2 Å². The maximum atomic E-state index is 10.6. The zero-order valence-corrected chi connectivity index (χ0v) is 9.52. The van der Waals surface area contributed by atoms with Crippen LogP contribution in [-0.4, -0.2) is 35.6 Å². The van der Waals surface area contributed by atoms with Crippen molar-refractivity contribution in [3.05, 3.63) is 29.3 Å². The minimum Gasteiger partial charge on any atom is -0.496 e. The van der Waals surface area contributed by atoms with Crippen molar-refractivity contribution in [3.8, 4) is 5.75 Å². The lowest BCUT2D eigenvalue weighted by Gasteiger charge is -2.16. The van der Waals surface area contributed by atoms with E-state index in [0.717, 1.165) is 0 Å². The van der Waals surface area contributed by atoms with Crippen molar-refractivity contribution in [1.82, 2.24) is 0 Å². The minimum absolute atomic E-state index is 0.0705. The molecule has 0 saturated carbocycles. The Morgan fingerprint density at radius 3 is 2.69 bits per heavy atom. The number of ether oxygens (including phenoxy) is 1. The van der Waals surface area contributed by atoms with Crippen LogP contribution in [0.4, 0.5) is 0 Å². The number of alkyl halides is 1. The Labute approximate surface area is 98.4 Å². The summed E-state index contributed by atoms with van der Waals surface area (Å²) in [5, 5.41) is 19.1. The molecule has 0 fully saturated rings. The van der Waals surface area contributed by atoms with Crippen molar-refractivity contribution < 1.29 is 19.7 Å². The molecule has 0 aliphatic carbocycles. The van der Waals surface area contributed by atoms with Crippen LogP contribution in [-0.2, 0) is 0 Å². The van der Waals surface area contributed by atoms with Crippen LogP contribution >= 0.6 is 11.6 Å². The van der Waals surface area contributed by atoms with Gasteiger partial charge in [0.25, 0.3) is 0 Å². The van der Waals surface area contributed by atoms with Gasteiger partial charge in [0, 0.05) is 0 Å². The minimum atomic E-state index is -1.09. The van der Waals surface area contributed by atoms with Crippen molar-refractivity contribution in [1.29, 1.82) is 0 Å². The lowest BCUT2D eigenvalue weighted by molar-refractivity contribution is 0.0326. The number of benzene rings is 1. The lowest BCUT2D eigenvalue weighted by Crippen LogP contribution is -2.19. The molecule has 2 unspecified atom stereocenters. The van der Waals surface area contributed by atoms with Crippen molar-refractivity contribution in [3.63, 3.8) is 0 Å². The highest BCUT2D eigenvalue weighted by molar-refractivity contribution is 6.18. The van der Waals surface area contributed by atoms with Crippen molar-refractivity contribution in [2.45, 2.75) is 12.2 Å². The molecule has 2 N–H and O–H groups in total. The van der Waals surface area contributed by atoms with Crippen LogP contribution in [0.1, 0.15) is 22.0 Å². The Morgan fingerprint density at radius 2 is 2.19 bits per heavy atom. The Morgan fingerprint density at radius 1 is 1.50 bits per heavy atom. The van der Waals surface area contributed by atoms with E-state index in [1.807, 2.05) is 0 Å². The van der Waals surface area contributed by atoms with Crippen LogP contribution in [0.3, 0.4) is 0 Å². The second kappa shape index (κ2) is 5.84. The SMILES string of the molecule is COc1cc(C(O)C(O)CCl)ccc1C=O. The average molecular weight is 245 g/mol. The van der Waals surface area contributed by atoms with Gasteiger partial charge >= 0.3 is 0 Å². The van der Waals surface area contributed by atoms with Gasteiger partial charge in [-0.25, -0.2) is 0 Å². The number of aliphatic hydroxyl groups excluding tert-OH is 2. The molecule has 0 amide bonds. The normalized spacial score (nSPS) is 14.2. The van der Waals surface area contributed by atoms with Crippen molar-refractivity contribution in [2.24, 2.45) is 0 Å². The van der Waals surface area contributed by atoms with E-state index in [4.69, 9.17) is 16.3 Å². The van der Waals surface area contributed by atoms with E-state index in [0.29, 0.717) is 23.2 Å². The molecule has 1 aromatic carbocycles. The van der Waals surface area contributed by atoms with Gasteiger partial charge in [-0.05, 0) is 17.7 Å². The van der Waals surface area contributed by atoms with E-state index in [2.05, 4.69) is 0 Å². The van der Waals surface area contributed by atoms with Crippen LogP contribution < -0.4 is 4.74 Å². The Bertz CT molecular complexity index is 367. The molecule has 0 spiro atoms. The van der Waals surface area contributed by atoms with Crippen LogP contribution in [0.2, 0.25) is 0 Å². The number of carbonyl (C=O) groups is 1. The smallest absolute Gasteiger partial charge is 0.153 e. The first-order chi connectivity index (χ1) is 7.63. The van der Waals surface area contributed by atoms with E-state index >= 15 is 0 Å². The zero-order chi connectivity index (χ0) is 12.1. The summed E-state index contributed by atoms with van der Waals surface area (Å²) in [5.41, 5.74) is 0.842. The van der Waals surface area contributed by atoms with Crippen LogP contribution in [0, 0.1) is 0 Å². The molecule has 0 bridgehead atoms. The molecule has 1 aromatic rings. The fraction of sp³-hybridized carbons (Fsp3) is 0.364. The average Bonchev–Trinajstić information content (AvgIpc) is 2.35. The molecule has 5 heteroatoms. The lowest BCUT2D eigenvalue weighted by atomic mass is 10.0. The molecule has 0 aliphatic heterocycles. The molecule has 0 aliphatic rings. The van der Waals surface area contributed by atoms with Crippen molar-refractivity contribution in [2.75, 3.05) is 13.0 Å². The number of aliphatic hydroxyl groups is 2. The Kier molecular flexibility index (Phi) is 4.73. The highest BCUT2D eigenvalue weighted by Gasteiger charge is 2.18. The Hall–Kier alpha value is -1.10. The quantitative estimate of drug-likeness (QED) is 0.602. The van der Waals surface area contributed by atoms with Crippen LogP contribution in [0.5, 0.6) is 5.75 Å². The molecule has 0 saturated heterocycles. The monoisotopic (exact) mass is 244 g/mol. The van der Waals surface area contributed by atoms with E-state index in [1.54, 1.807) is 6.07 Å². The van der Waals surface area contributed by atoms with E-state index in [1.165, 1.54) is 19.2 Å². The molecule has 0 radical (unpaired) electrons. The molecule has 0 heterocycles. The summed E-state index contributed by atoms with van der Waals surface area (Å²) in [5.74, 6) is 0.284. The van der Waals surface area contributed by atoms with Gasteiger partial charge in [-0.1, -0.05) is 6.07 Å². The zero-order valence-electron chi connectivity index (χ0n) is 8.76. The number of rotatable bonds is 5. The molecule has 1 rings (SSSR count). The molecule has 0 aromatic heterocycles. The molecular weight excluding hydrogens is 232 g/mol. The fourth-order valence-corrected chi connectivity index (χ4v) is 1.48. The summed E-state index contributed by atoms with van der Waals surface area (Å²) in [6.07, 6.45) is -1.48. The van der Waals surface area contributed by atoms with Gasteiger partial charge in [-0.3, -0.25) is 4.79 Å². The number of carbonyl (C=O) groups excluding carboxylic acids is 1. The Balaban J connectivity index is 3.02. The molecule has 2 atom stereocenters. The van der Waals surface area contributed by atoms with Crippen LogP contribution in [0.25, 0.3) is 0 Å². The molecule has 16 heavy (non-hydrogen) atoms. The number of hydrogen-bond acceptors (Lipinski definition) is 4. The summed E-state index contributed by atoms with van der Waals surface area (Å²) in [6, 6.07) is 4.57. The first kappa shape index (κ1) is 13.0. The summed E-state index contributed by atoms with van der Waals surface area (Å²) >= 11 is 5.43. The largest absolute Gasteiger partial charge is 0.496 e. The maximum absolute atomic E-state index is 10.6. The second-order valence-corrected chi connectivity index (χ2v) is 3.59. The van der Waals surface area contributed by atoms with E-state index in [9.17, 15) is 15.0 Å². The highest BCUT2D eigenvalue weighted by atomic mass is 35.5. The number of aldehydes is 1. The van der Waals surface area contributed by atoms with Gasteiger partial charge < -0.3 is 14.9 Å². The maximum Gasteiger partial charge on any atom is 0.153 e. The van der Waals surface area contributed by atoms with Crippen LogP contribution in [0.15, 0.2) is 18.2 Å². The predicted molar refractivity (Wildman–Crippen MR) is 60.1 cm³/mol. The summed E-state index contributed by atoms with van der Waals surface area (Å²) < 4.78 is 4.98. The third kappa shape index (κ3) is 2.72. The van der Waals surface area contributed by atoms with Gasteiger partial charge in [0.1, 0.15) is 11.9 Å². The third-order valence-corrected chi connectivity index (χ3v) is 2.56. The fourth-order valence-electron chi connectivity index (χ4n) is 1.32. The van der Waals surface area contributed by atoms with Gasteiger partial charge in [0.15, 0.2) is 6.29 Å². The van der Waals surface area contributed by atoms with Gasteiger partial charge in [-0.2, -0.15) is 0 Å². The standard InChI is InChI=1S/C11H13ClO4/c1-16-10-4-7(2-3-8(10)6-13)11(15)9(14)5-12/h2-4,6,9,11,14-15H,5H2,1H3. The number of hydrogen-bond donors (Lipinski definition) is 2. The number of methoxy groups -OCH3 is 1. The molecule has 4 nitrogen and oxygen atoms in total. The second-order valence-electron chi connectivity index (χ2n) is 3.29. The van der Waals surface area contributed by atoms with E-state index in [-0.39, 0.29) is 5.88 Å². The van der Waals surface area contributed by atoms with Gasteiger partial charge in [0.05, 0.1) is 24.7 Å². The summed E-state index contributed by atoms with van der Waals surface area (Å²) in [4.78, 5) is 10.6. The highest BCUT2D eigenvalue weighted by Crippen LogP contribution is 2.24. The first-order valence-corrected chi connectivity index (χ1v) is 5.22. The topological polar surface area (TPSA) is 66.8 Å². The third-order valence-electron chi connectivity index (χ3n) is 2.25. The first-order valence-electron chi connectivity index (χ1n) is 4.69. The summed E-state index contributed by atoms with van der Waals surface area (Å²) in [7, 11) is 1.43. The van der Waals surface area contributed by atoms with Gasteiger partial charge in [0.2, 0.25) is 0 Å². The summed E-state index contributed by atoms with van der Waals surface area (Å²) in [6.45, 7) is 0. The number of halogens is 1. The predicted octanol–water partition coefficient (Wildman–Crippen LogP) is 1.14.